The molecule has 0 atom stereocenters. The molecule has 2 aromatic carbocycles. The number of hydrogen-bond donors (Lipinski definition) is 1. The van der Waals surface area contributed by atoms with E-state index in [2.05, 4.69) is 5.32 Å². The average molecular weight is 391 g/mol. The highest BCUT2D eigenvalue weighted by molar-refractivity contribution is 7.12. The molecule has 0 saturated carbocycles. The van der Waals surface area contributed by atoms with E-state index in [1.54, 1.807) is 24.3 Å². The van der Waals surface area contributed by atoms with Gasteiger partial charge in [0.1, 0.15) is 12.4 Å². The van der Waals surface area contributed by atoms with Crippen LogP contribution in [0, 0.1) is 0 Å². The maximum atomic E-state index is 12.4. The standard InChI is InChI=1S/C23H21NO3S/c1-3-6-19-7-4-5-8-21(19)27-14-17-13-22(28-15-17)23(26)24-20-11-9-18(10-12-20)16(2)25/h3-13,15H,14H2,1-2H3,(H,24,26)/b6-3+. The second-order valence-corrected chi connectivity index (χ2v) is 7.14. The van der Waals surface area contributed by atoms with Crippen molar-refractivity contribution in [2.45, 2.75) is 20.5 Å². The van der Waals surface area contributed by atoms with Gasteiger partial charge >= 0.3 is 0 Å². The summed E-state index contributed by atoms with van der Waals surface area (Å²) >= 11 is 1.37. The number of ketones is 1. The zero-order chi connectivity index (χ0) is 19.9. The highest BCUT2D eigenvalue weighted by Gasteiger charge is 2.11. The second kappa shape index (κ2) is 9.15. The fourth-order valence-electron chi connectivity index (χ4n) is 2.64. The average Bonchev–Trinajstić information content (AvgIpc) is 3.17. The van der Waals surface area contributed by atoms with E-state index < -0.39 is 0 Å². The number of allylic oxidation sites excluding steroid dienone is 1. The number of hydrogen-bond acceptors (Lipinski definition) is 4. The first-order chi connectivity index (χ1) is 13.6. The second-order valence-electron chi connectivity index (χ2n) is 6.23. The molecular formula is C23H21NO3S. The fraction of sp³-hybridized carbons (Fsp3) is 0.130. The van der Waals surface area contributed by atoms with Gasteiger partial charge in [-0.25, -0.2) is 0 Å². The highest BCUT2D eigenvalue weighted by Crippen LogP contribution is 2.23. The van der Waals surface area contributed by atoms with Crippen LogP contribution in [0.15, 0.2) is 66.1 Å². The number of rotatable bonds is 7. The lowest BCUT2D eigenvalue weighted by atomic mass is 10.1. The molecule has 1 heterocycles. The normalized spacial score (nSPS) is 10.8. The monoisotopic (exact) mass is 391 g/mol. The summed E-state index contributed by atoms with van der Waals surface area (Å²) in [7, 11) is 0. The Morgan fingerprint density at radius 3 is 2.57 bits per heavy atom. The van der Waals surface area contributed by atoms with Gasteiger partial charge in [0, 0.05) is 22.4 Å². The smallest absolute Gasteiger partial charge is 0.265 e. The lowest BCUT2D eigenvalue weighted by molar-refractivity contribution is 0.101. The summed E-state index contributed by atoms with van der Waals surface area (Å²) in [5, 5.41) is 4.77. The maximum absolute atomic E-state index is 12.4. The third-order valence-electron chi connectivity index (χ3n) is 4.09. The summed E-state index contributed by atoms with van der Waals surface area (Å²) in [6.07, 6.45) is 3.97. The van der Waals surface area contributed by atoms with E-state index in [9.17, 15) is 9.59 Å². The molecule has 0 bridgehead atoms. The predicted octanol–water partition coefficient (Wildman–Crippen LogP) is 5.82. The molecule has 1 amide bonds. The van der Waals surface area contributed by atoms with Crippen molar-refractivity contribution in [1.29, 1.82) is 0 Å². The molecule has 3 rings (SSSR count). The van der Waals surface area contributed by atoms with Crippen molar-refractivity contribution in [3.8, 4) is 5.75 Å². The van der Waals surface area contributed by atoms with Crippen LogP contribution in [0.3, 0.4) is 0 Å². The summed E-state index contributed by atoms with van der Waals surface area (Å²) in [6, 6.07) is 16.5. The zero-order valence-electron chi connectivity index (χ0n) is 15.8. The first-order valence-electron chi connectivity index (χ1n) is 8.91. The molecule has 0 radical (unpaired) electrons. The Morgan fingerprint density at radius 2 is 1.86 bits per heavy atom. The third kappa shape index (κ3) is 4.96. The van der Waals surface area contributed by atoms with Gasteiger partial charge in [0.2, 0.25) is 0 Å². The van der Waals surface area contributed by atoms with E-state index in [0.717, 1.165) is 16.9 Å². The topological polar surface area (TPSA) is 55.4 Å². The first kappa shape index (κ1) is 19.6. The number of para-hydroxylation sites is 1. The number of ether oxygens (including phenoxy) is 1. The van der Waals surface area contributed by atoms with Crippen LogP contribution in [-0.2, 0) is 6.61 Å². The number of carbonyl (C=O) groups excluding carboxylic acids is 2. The van der Waals surface area contributed by atoms with Gasteiger partial charge in [-0.3, -0.25) is 9.59 Å². The van der Waals surface area contributed by atoms with Crippen molar-refractivity contribution in [2.75, 3.05) is 5.32 Å². The van der Waals surface area contributed by atoms with E-state index in [1.807, 2.05) is 54.8 Å². The Labute approximate surface area is 168 Å². The van der Waals surface area contributed by atoms with Crippen molar-refractivity contribution in [3.63, 3.8) is 0 Å². The van der Waals surface area contributed by atoms with Gasteiger partial charge in [-0.05, 0) is 55.6 Å². The maximum Gasteiger partial charge on any atom is 0.265 e. The number of thiophene rings is 1. The molecule has 3 aromatic rings. The summed E-state index contributed by atoms with van der Waals surface area (Å²) in [5.74, 6) is 0.626. The number of benzene rings is 2. The molecule has 0 spiro atoms. The molecule has 28 heavy (non-hydrogen) atoms. The molecule has 0 fully saturated rings. The molecule has 0 aliphatic rings. The van der Waals surface area contributed by atoms with Crippen LogP contribution < -0.4 is 10.1 Å². The molecule has 0 aliphatic heterocycles. The Hall–Kier alpha value is -3.18. The van der Waals surface area contributed by atoms with Crippen LogP contribution in [0.2, 0.25) is 0 Å². The van der Waals surface area contributed by atoms with Crippen LogP contribution in [0.25, 0.3) is 6.08 Å². The summed E-state index contributed by atoms with van der Waals surface area (Å²) < 4.78 is 5.91. The van der Waals surface area contributed by atoms with Crippen molar-refractivity contribution in [1.82, 2.24) is 0 Å². The first-order valence-corrected chi connectivity index (χ1v) is 9.79. The van der Waals surface area contributed by atoms with E-state index in [1.165, 1.54) is 18.3 Å². The molecule has 4 nitrogen and oxygen atoms in total. The van der Waals surface area contributed by atoms with Crippen molar-refractivity contribution in [3.05, 3.63) is 87.6 Å². The van der Waals surface area contributed by atoms with Crippen LogP contribution in [0.4, 0.5) is 5.69 Å². The van der Waals surface area contributed by atoms with Gasteiger partial charge in [0.05, 0.1) is 4.88 Å². The van der Waals surface area contributed by atoms with Crippen LogP contribution >= 0.6 is 11.3 Å². The lowest BCUT2D eigenvalue weighted by Crippen LogP contribution is -2.10. The van der Waals surface area contributed by atoms with Gasteiger partial charge < -0.3 is 10.1 Å². The Bertz CT molecular complexity index is 1000. The quantitative estimate of drug-likeness (QED) is 0.517. The molecule has 1 aromatic heterocycles. The van der Waals surface area contributed by atoms with E-state index >= 15 is 0 Å². The van der Waals surface area contributed by atoms with Crippen molar-refractivity contribution >= 4 is 34.8 Å². The van der Waals surface area contributed by atoms with Crippen molar-refractivity contribution in [2.24, 2.45) is 0 Å². The van der Waals surface area contributed by atoms with Gasteiger partial charge in [0.15, 0.2) is 5.78 Å². The molecule has 142 valence electrons. The van der Waals surface area contributed by atoms with Crippen LogP contribution in [0.1, 0.15) is 45.0 Å². The SMILES string of the molecule is C/C=C/c1ccccc1OCc1csc(C(=O)Nc2ccc(C(C)=O)cc2)c1. The summed E-state index contributed by atoms with van der Waals surface area (Å²) in [6.45, 7) is 3.87. The summed E-state index contributed by atoms with van der Waals surface area (Å²) in [4.78, 5) is 24.4. The number of amides is 1. The summed E-state index contributed by atoms with van der Waals surface area (Å²) in [5.41, 5.74) is 3.23. The highest BCUT2D eigenvalue weighted by atomic mass is 32.1. The van der Waals surface area contributed by atoms with Gasteiger partial charge in [-0.2, -0.15) is 0 Å². The van der Waals surface area contributed by atoms with E-state index in [4.69, 9.17) is 4.74 Å². The van der Waals surface area contributed by atoms with Crippen LogP contribution in [-0.4, -0.2) is 11.7 Å². The largest absolute Gasteiger partial charge is 0.488 e. The van der Waals surface area contributed by atoms with Crippen LogP contribution in [0.5, 0.6) is 5.75 Å². The fourth-order valence-corrected chi connectivity index (χ4v) is 3.43. The van der Waals surface area contributed by atoms with E-state index in [0.29, 0.717) is 22.7 Å². The minimum absolute atomic E-state index is 0.00299. The number of nitrogens with one attached hydrogen (secondary N) is 1. The Morgan fingerprint density at radius 1 is 1.11 bits per heavy atom. The Balaban J connectivity index is 1.62. The number of anilines is 1. The third-order valence-corrected chi connectivity index (χ3v) is 5.06. The predicted molar refractivity (Wildman–Crippen MR) is 114 cm³/mol. The van der Waals surface area contributed by atoms with Gasteiger partial charge in [-0.1, -0.05) is 30.4 Å². The molecule has 0 aliphatic carbocycles. The van der Waals surface area contributed by atoms with Gasteiger partial charge in [-0.15, -0.1) is 11.3 Å². The minimum Gasteiger partial charge on any atom is -0.488 e. The Kier molecular flexibility index (Phi) is 6.40. The van der Waals surface area contributed by atoms with Gasteiger partial charge in [0.25, 0.3) is 5.91 Å². The number of Topliss-reactive ketones (excluding diaryl/α,β-unsaturated/α-hetero) is 1. The minimum atomic E-state index is -0.179. The molecule has 5 heteroatoms. The lowest BCUT2D eigenvalue weighted by Gasteiger charge is -2.08. The number of carbonyl (C=O) groups is 2. The molecule has 0 unspecified atom stereocenters. The molecular weight excluding hydrogens is 370 g/mol. The van der Waals surface area contributed by atoms with Crippen molar-refractivity contribution < 1.29 is 14.3 Å². The molecule has 0 saturated heterocycles. The zero-order valence-corrected chi connectivity index (χ0v) is 16.6. The molecule has 1 N–H and O–H groups in total. The van der Waals surface area contributed by atoms with E-state index in [-0.39, 0.29) is 11.7 Å².